The van der Waals surface area contributed by atoms with E-state index in [1.54, 1.807) is 0 Å². The summed E-state index contributed by atoms with van der Waals surface area (Å²) in [6.07, 6.45) is 5.62. The van der Waals surface area contributed by atoms with Crippen LogP contribution in [0.3, 0.4) is 0 Å². The van der Waals surface area contributed by atoms with E-state index < -0.39 is 0 Å². The Labute approximate surface area is 149 Å². The molecule has 0 amide bonds. The molecule has 2 aromatic carbocycles. The average Bonchev–Trinajstić information content (AvgIpc) is 2.62. The van der Waals surface area contributed by atoms with Gasteiger partial charge >= 0.3 is 0 Å². The minimum Gasteiger partial charge on any atom is -0.494 e. The molecule has 0 spiro atoms. The van der Waals surface area contributed by atoms with Crippen molar-refractivity contribution in [3.8, 4) is 5.75 Å². The van der Waals surface area contributed by atoms with Gasteiger partial charge in [-0.3, -0.25) is 4.98 Å². The van der Waals surface area contributed by atoms with E-state index in [4.69, 9.17) is 15.5 Å². The highest BCUT2D eigenvalue weighted by Gasteiger charge is 2.05. The van der Waals surface area contributed by atoms with E-state index in [0.717, 1.165) is 47.5 Å². The second-order valence-electron chi connectivity index (χ2n) is 6.45. The fourth-order valence-corrected chi connectivity index (χ4v) is 3.02. The van der Waals surface area contributed by atoms with Crippen molar-refractivity contribution < 1.29 is 4.74 Å². The molecule has 3 rings (SSSR count). The average molecular weight is 334 g/mol. The number of rotatable bonds is 8. The summed E-state index contributed by atoms with van der Waals surface area (Å²) in [6, 6.07) is 18.2. The van der Waals surface area contributed by atoms with E-state index in [1.807, 2.05) is 42.5 Å². The van der Waals surface area contributed by atoms with Crippen LogP contribution < -0.4 is 10.5 Å². The Morgan fingerprint density at radius 2 is 1.84 bits per heavy atom. The summed E-state index contributed by atoms with van der Waals surface area (Å²) >= 11 is 0. The molecule has 0 radical (unpaired) electrons. The summed E-state index contributed by atoms with van der Waals surface area (Å²) < 4.78 is 5.88. The maximum Gasteiger partial charge on any atom is 0.119 e. The number of anilines is 1. The quantitative estimate of drug-likeness (QED) is 0.564. The van der Waals surface area contributed by atoms with Crippen molar-refractivity contribution in [2.24, 2.45) is 0 Å². The van der Waals surface area contributed by atoms with E-state index in [1.165, 1.54) is 24.8 Å². The van der Waals surface area contributed by atoms with Gasteiger partial charge in [-0.15, -0.1) is 0 Å². The third-order valence-corrected chi connectivity index (χ3v) is 4.35. The lowest BCUT2D eigenvalue weighted by Crippen LogP contribution is -1.99. The van der Waals surface area contributed by atoms with Crippen molar-refractivity contribution in [3.05, 3.63) is 65.9 Å². The van der Waals surface area contributed by atoms with Crippen LogP contribution in [0.25, 0.3) is 10.9 Å². The zero-order valence-corrected chi connectivity index (χ0v) is 14.9. The summed E-state index contributed by atoms with van der Waals surface area (Å²) in [6.45, 7) is 3.00. The fraction of sp³-hybridized carbons (Fsp3) is 0.318. The monoisotopic (exact) mass is 334 g/mol. The van der Waals surface area contributed by atoms with Crippen molar-refractivity contribution >= 4 is 16.6 Å². The zero-order chi connectivity index (χ0) is 17.5. The number of unbranched alkanes of at least 4 members (excludes halogenated alkanes) is 3. The van der Waals surface area contributed by atoms with Gasteiger partial charge in [-0.25, -0.2) is 0 Å². The van der Waals surface area contributed by atoms with E-state index >= 15 is 0 Å². The Balaban J connectivity index is 1.67. The number of pyridine rings is 1. The van der Waals surface area contributed by atoms with Gasteiger partial charge in [0, 0.05) is 23.2 Å². The van der Waals surface area contributed by atoms with Crippen molar-refractivity contribution in [2.45, 2.75) is 39.0 Å². The van der Waals surface area contributed by atoms with Crippen molar-refractivity contribution in [1.82, 2.24) is 4.98 Å². The lowest BCUT2D eigenvalue weighted by molar-refractivity contribution is 0.305. The van der Waals surface area contributed by atoms with Crippen LogP contribution in [0.1, 0.15) is 43.9 Å². The number of nitrogen functional groups attached to an aromatic ring is 1. The van der Waals surface area contributed by atoms with Crippen molar-refractivity contribution in [1.29, 1.82) is 0 Å². The van der Waals surface area contributed by atoms with Crippen LogP contribution in [0, 0.1) is 0 Å². The maximum absolute atomic E-state index is 6.18. The highest BCUT2D eigenvalue weighted by atomic mass is 16.5. The molecule has 130 valence electrons. The van der Waals surface area contributed by atoms with Gasteiger partial charge in [0.1, 0.15) is 5.75 Å². The topological polar surface area (TPSA) is 48.1 Å². The molecule has 0 bridgehead atoms. The summed E-state index contributed by atoms with van der Waals surface area (Å²) in [5.41, 5.74) is 10.1. The smallest absolute Gasteiger partial charge is 0.119 e. The first-order chi connectivity index (χ1) is 12.3. The maximum atomic E-state index is 6.18. The number of aromatic nitrogens is 1. The zero-order valence-electron chi connectivity index (χ0n) is 14.9. The van der Waals surface area contributed by atoms with Crippen LogP contribution in [0.2, 0.25) is 0 Å². The summed E-state index contributed by atoms with van der Waals surface area (Å²) in [5.74, 6) is 0.933. The molecule has 0 unspecified atom stereocenters. The predicted octanol–water partition coefficient (Wildman–Crippen LogP) is 5.37. The Hall–Kier alpha value is -2.55. The lowest BCUT2D eigenvalue weighted by atomic mass is 10.1. The van der Waals surface area contributed by atoms with Gasteiger partial charge in [-0.05, 0) is 36.2 Å². The van der Waals surface area contributed by atoms with Crippen LogP contribution in [0.5, 0.6) is 5.75 Å². The summed E-state index contributed by atoms with van der Waals surface area (Å²) in [5, 5.41) is 1.01. The van der Waals surface area contributed by atoms with Gasteiger partial charge in [0.15, 0.2) is 0 Å². The molecule has 0 aliphatic carbocycles. The number of benzene rings is 2. The number of fused-ring (bicyclic) bond motifs is 1. The first kappa shape index (κ1) is 17.3. The van der Waals surface area contributed by atoms with Crippen LogP contribution in [-0.4, -0.2) is 11.6 Å². The normalized spacial score (nSPS) is 10.9. The molecule has 0 fully saturated rings. The number of hydrogen-bond acceptors (Lipinski definition) is 3. The predicted molar refractivity (Wildman–Crippen MR) is 105 cm³/mol. The van der Waals surface area contributed by atoms with Gasteiger partial charge in [-0.1, -0.05) is 56.5 Å². The first-order valence-corrected chi connectivity index (χ1v) is 9.12. The molecular weight excluding hydrogens is 308 g/mol. The molecule has 0 aliphatic rings. The third-order valence-electron chi connectivity index (χ3n) is 4.35. The van der Waals surface area contributed by atoms with Crippen molar-refractivity contribution in [2.75, 3.05) is 12.3 Å². The van der Waals surface area contributed by atoms with Gasteiger partial charge in [-0.2, -0.15) is 0 Å². The van der Waals surface area contributed by atoms with Crippen molar-refractivity contribution in [3.63, 3.8) is 0 Å². The molecule has 25 heavy (non-hydrogen) atoms. The third kappa shape index (κ3) is 4.72. The molecule has 3 aromatic rings. The van der Waals surface area contributed by atoms with Crippen LogP contribution in [-0.2, 0) is 6.42 Å². The molecule has 0 saturated heterocycles. The standard InChI is InChI=1S/C22H26N2O/c1-2-3-4-7-13-25-19-10-8-9-17(15-19)14-18-16-21(23)20-11-5-6-12-22(20)24-18/h5-6,8-12,15-16H,2-4,7,13-14H2,1H3,(H2,23,24). The number of hydrogen-bond donors (Lipinski definition) is 1. The largest absolute Gasteiger partial charge is 0.494 e. The van der Waals surface area contributed by atoms with Gasteiger partial charge < -0.3 is 10.5 Å². The SMILES string of the molecule is CCCCCCOc1cccc(Cc2cc(N)c3ccccc3n2)c1. The molecule has 2 N–H and O–H groups in total. The molecule has 0 aliphatic heterocycles. The molecular formula is C22H26N2O. The second-order valence-corrected chi connectivity index (χ2v) is 6.45. The highest BCUT2D eigenvalue weighted by molar-refractivity contribution is 5.90. The molecule has 1 heterocycles. The summed E-state index contributed by atoms with van der Waals surface area (Å²) in [4.78, 5) is 4.74. The lowest BCUT2D eigenvalue weighted by Gasteiger charge is -2.09. The van der Waals surface area contributed by atoms with Gasteiger partial charge in [0.05, 0.1) is 12.1 Å². The van der Waals surface area contributed by atoms with Gasteiger partial charge in [0.2, 0.25) is 0 Å². The van der Waals surface area contributed by atoms with Crippen LogP contribution in [0.4, 0.5) is 5.69 Å². The van der Waals surface area contributed by atoms with E-state index in [2.05, 4.69) is 19.1 Å². The van der Waals surface area contributed by atoms with Gasteiger partial charge in [0.25, 0.3) is 0 Å². The minimum atomic E-state index is 0.752. The Bertz CT molecular complexity index is 829. The summed E-state index contributed by atoms with van der Waals surface area (Å²) in [7, 11) is 0. The fourth-order valence-electron chi connectivity index (χ4n) is 3.02. The first-order valence-electron chi connectivity index (χ1n) is 9.12. The van der Waals surface area contributed by atoms with Crippen LogP contribution >= 0.6 is 0 Å². The molecule has 0 saturated carbocycles. The van der Waals surface area contributed by atoms with Crippen LogP contribution in [0.15, 0.2) is 54.6 Å². The molecule has 0 atom stereocenters. The second kappa shape index (κ2) is 8.52. The Morgan fingerprint density at radius 3 is 2.72 bits per heavy atom. The van der Waals surface area contributed by atoms with E-state index in [9.17, 15) is 0 Å². The number of para-hydroxylation sites is 1. The number of nitrogens with two attached hydrogens (primary N) is 1. The minimum absolute atomic E-state index is 0.752. The Morgan fingerprint density at radius 1 is 0.960 bits per heavy atom. The molecule has 3 heteroatoms. The van der Waals surface area contributed by atoms with E-state index in [0.29, 0.717) is 0 Å². The Kier molecular flexibility index (Phi) is 5.89. The number of ether oxygens (including phenoxy) is 1. The number of nitrogens with zero attached hydrogens (tertiary/aromatic N) is 1. The highest BCUT2D eigenvalue weighted by Crippen LogP contribution is 2.22. The molecule has 1 aromatic heterocycles. The van der Waals surface area contributed by atoms with E-state index in [-0.39, 0.29) is 0 Å². The molecule has 3 nitrogen and oxygen atoms in total.